The summed E-state index contributed by atoms with van der Waals surface area (Å²) in [7, 11) is 0. The monoisotopic (exact) mass is 171 g/mol. The SMILES string of the molecule is NCC(N)c1cnccc1Cl. The molecule has 0 amide bonds. The summed E-state index contributed by atoms with van der Waals surface area (Å²) in [5.41, 5.74) is 11.8. The Morgan fingerprint density at radius 3 is 2.91 bits per heavy atom. The van der Waals surface area contributed by atoms with E-state index < -0.39 is 0 Å². The maximum Gasteiger partial charge on any atom is 0.0484 e. The zero-order chi connectivity index (χ0) is 8.27. The topological polar surface area (TPSA) is 64.9 Å². The lowest BCUT2D eigenvalue weighted by Crippen LogP contribution is -2.21. The Morgan fingerprint density at radius 2 is 2.36 bits per heavy atom. The molecule has 1 aromatic rings. The van der Waals surface area contributed by atoms with E-state index in [-0.39, 0.29) is 6.04 Å². The van der Waals surface area contributed by atoms with Gasteiger partial charge in [0.05, 0.1) is 0 Å². The predicted octanol–water partition coefficient (Wildman–Crippen LogP) is 0.694. The molecule has 4 N–H and O–H groups in total. The molecule has 0 aliphatic carbocycles. The average molecular weight is 172 g/mol. The standard InChI is InChI=1S/C7H10ClN3/c8-6-1-2-11-4-5(6)7(10)3-9/h1-2,4,7H,3,9-10H2. The molecule has 60 valence electrons. The summed E-state index contributed by atoms with van der Waals surface area (Å²) >= 11 is 5.82. The normalized spacial score (nSPS) is 13.0. The molecule has 1 rings (SSSR count). The molecule has 1 aromatic heterocycles. The number of hydrogen-bond donors (Lipinski definition) is 2. The van der Waals surface area contributed by atoms with Crippen molar-refractivity contribution >= 4 is 11.6 Å². The molecule has 3 nitrogen and oxygen atoms in total. The second-order valence-corrected chi connectivity index (χ2v) is 2.65. The minimum Gasteiger partial charge on any atom is -0.329 e. The molecule has 0 radical (unpaired) electrons. The molecule has 1 atom stereocenters. The van der Waals surface area contributed by atoms with Crippen LogP contribution < -0.4 is 11.5 Å². The van der Waals surface area contributed by atoms with E-state index in [1.54, 1.807) is 18.5 Å². The highest BCUT2D eigenvalue weighted by atomic mass is 35.5. The fraction of sp³-hybridized carbons (Fsp3) is 0.286. The first-order chi connectivity index (χ1) is 5.25. The van der Waals surface area contributed by atoms with Gasteiger partial charge in [0.25, 0.3) is 0 Å². The van der Waals surface area contributed by atoms with E-state index in [2.05, 4.69) is 4.98 Å². The molecule has 4 heteroatoms. The lowest BCUT2D eigenvalue weighted by molar-refractivity contribution is 0.733. The van der Waals surface area contributed by atoms with Crippen LogP contribution in [0.5, 0.6) is 0 Å². The van der Waals surface area contributed by atoms with Crippen molar-refractivity contribution in [2.24, 2.45) is 11.5 Å². The Bertz CT molecular complexity index is 239. The Labute approximate surface area is 70.4 Å². The Hall–Kier alpha value is -0.640. The highest BCUT2D eigenvalue weighted by Crippen LogP contribution is 2.18. The molecule has 0 spiro atoms. The third-order valence-electron chi connectivity index (χ3n) is 1.45. The number of pyridine rings is 1. The fourth-order valence-electron chi connectivity index (χ4n) is 0.790. The summed E-state index contributed by atoms with van der Waals surface area (Å²) in [6.07, 6.45) is 3.26. The maximum atomic E-state index is 5.82. The summed E-state index contributed by atoms with van der Waals surface area (Å²) in [5, 5.41) is 0.623. The lowest BCUT2D eigenvalue weighted by Gasteiger charge is -2.09. The van der Waals surface area contributed by atoms with E-state index in [9.17, 15) is 0 Å². The molecule has 0 aromatic carbocycles. The number of nitrogens with zero attached hydrogens (tertiary/aromatic N) is 1. The maximum absolute atomic E-state index is 5.82. The first-order valence-electron chi connectivity index (χ1n) is 3.30. The molecule has 0 saturated carbocycles. The highest BCUT2D eigenvalue weighted by molar-refractivity contribution is 6.31. The van der Waals surface area contributed by atoms with E-state index in [1.165, 1.54) is 0 Å². The zero-order valence-electron chi connectivity index (χ0n) is 6.00. The van der Waals surface area contributed by atoms with Crippen LogP contribution in [0.25, 0.3) is 0 Å². The Morgan fingerprint density at radius 1 is 1.64 bits per heavy atom. The highest BCUT2D eigenvalue weighted by Gasteiger charge is 2.06. The first kappa shape index (κ1) is 8.46. The molecule has 1 heterocycles. The van der Waals surface area contributed by atoms with Gasteiger partial charge in [0.2, 0.25) is 0 Å². The van der Waals surface area contributed by atoms with E-state index in [4.69, 9.17) is 23.1 Å². The number of aromatic nitrogens is 1. The molecule has 0 aliphatic heterocycles. The first-order valence-corrected chi connectivity index (χ1v) is 3.68. The zero-order valence-corrected chi connectivity index (χ0v) is 6.75. The van der Waals surface area contributed by atoms with Crippen molar-refractivity contribution in [3.63, 3.8) is 0 Å². The smallest absolute Gasteiger partial charge is 0.0484 e. The Kier molecular flexibility index (Phi) is 2.82. The molecule has 11 heavy (non-hydrogen) atoms. The molecule has 1 unspecified atom stereocenters. The number of rotatable bonds is 2. The van der Waals surface area contributed by atoms with Crippen molar-refractivity contribution in [2.75, 3.05) is 6.54 Å². The van der Waals surface area contributed by atoms with Crippen molar-refractivity contribution in [3.8, 4) is 0 Å². The van der Waals surface area contributed by atoms with Crippen LogP contribution in [0, 0.1) is 0 Å². The fourth-order valence-corrected chi connectivity index (χ4v) is 1.03. The molecular weight excluding hydrogens is 162 g/mol. The van der Waals surface area contributed by atoms with Gasteiger partial charge in [-0.05, 0) is 6.07 Å². The van der Waals surface area contributed by atoms with Crippen LogP contribution in [0.3, 0.4) is 0 Å². The lowest BCUT2D eigenvalue weighted by atomic mass is 10.1. The summed E-state index contributed by atoms with van der Waals surface area (Å²) in [4.78, 5) is 3.89. The quantitative estimate of drug-likeness (QED) is 0.689. The summed E-state index contributed by atoms with van der Waals surface area (Å²) in [6, 6.07) is 1.49. The minimum absolute atomic E-state index is 0.212. The van der Waals surface area contributed by atoms with Gasteiger partial charge in [0.1, 0.15) is 0 Å². The van der Waals surface area contributed by atoms with Gasteiger partial charge in [0.15, 0.2) is 0 Å². The van der Waals surface area contributed by atoms with Gasteiger partial charge in [-0.1, -0.05) is 11.6 Å². The average Bonchev–Trinajstić information content (AvgIpc) is 2.04. The minimum atomic E-state index is -0.212. The van der Waals surface area contributed by atoms with E-state index in [1.807, 2.05) is 0 Å². The van der Waals surface area contributed by atoms with E-state index in [0.29, 0.717) is 11.6 Å². The van der Waals surface area contributed by atoms with Crippen LogP contribution in [0.15, 0.2) is 18.5 Å². The number of hydrogen-bond acceptors (Lipinski definition) is 3. The molecule has 0 aliphatic rings. The summed E-state index contributed by atoms with van der Waals surface area (Å²) in [5.74, 6) is 0. The second-order valence-electron chi connectivity index (χ2n) is 2.24. The third-order valence-corrected chi connectivity index (χ3v) is 1.79. The molecule has 0 saturated heterocycles. The van der Waals surface area contributed by atoms with Crippen LogP contribution in [0.1, 0.15) is 11.6 Å². The van der Waals surface area contributed by atoms with Gasteiger partial charge in [-0.3, -0.25) is 4.98 Å². The Balaban J connectivity index is 2.93. The third kappa shape index (κ3) is 1.89. The molecule has 0 bridgehead atoms. The molecule has 0 fully saturated rings. The van der Waals surface area contributed by atoms with E-state index >= 15 is 0 Å². The van der Waals surface area contributed by atoms with E-state index in [0.717, 1.165) is 5.56 Å². The van der Waals surface area contributed by atoms with Crippen molar-refractivity contribution in [3.05, 3.63) is 29.0 Å². The van der Waals surface area contributed by atoms with Gasteiger partial charge >= 0.3 is 0 Å². The van der Waals surface area contributed by atoms with Crippen LogP contribution in [0.2, 0.25) is 5.02 Å². The number of nitrogens with two attached hydrogens (primary N) is 2. The van der Waals surface area contributed by atoms with Crippen LogP contribution in [-0.2, 0) is 0 Å². The number of halogens is 1. The van der Waals surface area contributed by atoms with Crippen molar-refractivity contribution in [1.82, 2.24) is 4.98 Å². The van der Waals surface area contributed by atoms with Crippen LogP contribution in [-0.4, -0.2) is 11.5 Å². The predicted molar refractivity (Wildman–Crippen MR) is 45.2 cm³/mol. The van der Waals surface area contributed by atoms with Crippen molar-refractivity contribution in [2.45, 2.75) is 6.04 Å². The van der Waals surface area contributed by atoms with Crippen molar-refractivity contribution < 1.29 is 0 Å². The summed E-state index contributed by atoms with van der Waals surface area (Å²) < 4.78 is 0. The van der Waals surface area contributed by atoms with Gasteiger partial charge in [-0.15, -0.1) is 0 Å². The van der Waals surface area contributed by atoms with Gasteiger partial charge in [-0.25, -0.2) is 0 Å². The van der Waals surface area contributed by atoms with Crippen LogP contribution in [0.4, 0.5) is 0 Å². The largest absolute Gasteiger partial charge is 0.329 e. The van der Waals surface area contributed by atoms with Gasteiger partial charge < -0.3 is 11.5 Å². The van der Waals surface area contributed by atoms with Crippen LogP contribution >= 0.6 is 11.6 Å². The summed E-state index contributed by atoms with van der Waals surface area (Å²) in [6.45, 7) is 0.380. The van der Waals surface area contributed by atoms with Gasteiger partial charge in [0, 0.05) is 35.6 Å². The van der Waals surface area contributed by atoms with Crippen molar-refractivity contribution in [1.29, 1.82) is 0 Å². The van der Waals surface area contributed by atoms with Gasteiger partial charge in [-0.2, -0.15) is 0 Å². The second kappa shape index (κ2) is 3.67. The molecular formula is C7H10ClN3.